The topological polar surface area (TPSA) is 54.7 Å². The maximum atomic E-state index is 5.62. The van der Waals surface area contributed by atoms with Gasteiger partial charge in [0.15, 0.2) is 5.15 Å². The number of aromatic nitrogens is 2. The van der Waals surface area contributed by atoms with E-state index in [9.17, 15) is 0 Å². The van der Waals surface area contributed by atoms with Gasteiger partial charge in [-0.05, 0) is 6.92 Å². The zero-order valence-corrected chi connectivity index (χ0v) is 5.87. The van der Waals surface area contributed by atoms with Gasteiger partial charge in [0.1, 0.15) is 5.82 Å². The Hall–Kier alpha value is -0.540. The molecule has 0 saturated heterocycles. The summed E-state index contributed by atoms with van der Waals surface area (Å²) in [7, 11) is 0. The fraction of sp³-hybridized carbons (Fsp3) is 0.400. The number of nitrogens with two attached hydrogens (primary N) is 1. The standard InChI is InChI=1S/C5H8ClN3/c1-3-8-4(2-7)5(6)9-3/h2,7H2,1H3,(H,8,9). The van der Waals surface area contributed by atoms with Crippen molar-refractivity contribution in [2.45, 2.75) is 13.5 Å². The second-order valence-electron chi connectivity index (χ2n) is 1.80. The van der Waals surface area contributed by atoms with Crippen LogP contribution in [0.15, 0.2) is 0 Å². The second-order valence-corrected chi connectivity index (χ2v) is 2.15. The fourth-order valence-electron chi connectivity index (χ4n) is 0.648. The molecule has 1 heterocycles. The lowest BCUT2D eigenvalue weighted by Gasteiger charge is -1.85. The van der Waals surface area contributed by atoms with Gasteiger partial charge in [0.25, 0.3) is 0 Å². The van der Waals surface area contributed by atoms with Crippen molar-refractivity contribution in [3.05, 3.63) is 16.7 Å². The lowest BCUT2D eigenvalue weighted by atomic mass is 10.5. The number of nitrogens with zero attached hydrogens (tertiary/aromatic N) is 1. The van der Waals surface area contributed by atoms with Gasteiger partial charge in [0.05, 0.1) is 5.69 Å². The molecule has 0 bridgehead atoms. The molecule has 3 nitrogen and oxygen atoms in total. The van der Waals surface area contributed by atoms with Crippen molar-refractivity contribution in [1.29, 1.82) is 0 Å². The lowest BCUT2D eigenvalue weighted by molar-refractivity contribution is 0.997. The molecule has 0 atom stereocenters. The minimum Gasteiger partial charge on any atom is -0.344 e. The summed E-state index contributed by atoms with van der Waals surface area (Å²) >= 11 is 5.62. The third-order valence-corrected chi connectivity index (χ3v) is 1.36. The van der Waals surface area contributed by atoms with Crippen LogP contribution in [-0.2, 0) is 6.54 Å². The number of halogens is 1. The molecule has 0 aromatic carbocycles. The van der Waals surface area contributed by atoms with Crippen LogP contribution in [0.2, 0.25) is 5.15 Å². The number of rotatable bonds is 1. The number of hydrogen-bond donors (Lipinski definition) is 2. The summed E-state index contributed by atoms with van der Waals surface area (Å²) in [5.74, 6) is 0.806. The highest BCUT2D eigenvalue weighted by Crippen LogP contribution is 2.10. The number of hydrogen-bond acceptors (Lipinski definition) is 2. The molecule has 0 aliphatic carbocycles. The molecule has 3 N–H and O–H groups in total. The molecule has 0 spiro atoms. The van der Waals surface area contributed by atoms with Gasteiger partial charge in [-0.3, -0.25) is 0 Å². The van der Waals surface area contributed by atoms with Gasteiger partial charge in [-0.1, -0.05) is 11.6 Å². The summed E-state index contributed by atoms with van der Waals surface area (Å²) in [6.07, 6.45) is 0. The van der Waals surface area contributed by atoms with Crippen LogP contribution >= 0.6 is 11.6 Å². The molecule has 0 aliphatic heterocycles. The van der Waals surface area contributed by atoms with Gasteiger partial charge in [-0.25, -0.2) is 4.98 Å². The Labute approximate surface area is 58.2 Å². The Morgan fingerprint density at radius 3 is 2.67 bits per heavy atom. The molecule has 4 heteroatoms. The zero-order chi connectivity index (χ0) is 6.85. The summed E-state index contributed by atoms with van der Waals surface area (Å²) in [6.45, 7) is 2.25. The van der Waals surface area contributed by atoms with Gasteiger partial charge in [0.2, 0.25) is 0 Å². The van der Waals surface area contributed by atoms with Crippen molar-refractivity contribution in [3.63, 3.8) is 0 Å². The van der Waals surface area contributed by atoms with Crippen molar-refractivity contribution in [3.8, 4) is 0 Å². The SMILES string of the molecule is Cc1nc(Cl)c(CN)[nH]1. The van der Waals surface area contributed by atoms with Crippen molar-refractivity contribution in [1.82, 2.24) is 9.97 Å². The molecule has 0 radical (unpaired) electrons. The zero-order valence-electron chi connectivity index (χ0n) is 5.11. The predicted molar refractivity (Wildman–Crippen MR) is 36.2 cm³/mol. The van der Waals surface area contributed by atoms with Crippen LogP contribution in [0.25, 0.3) is 0 Å². The molecule has 50 valence electrons. The highest BCUT2D eigenvalue weighted by molar-refractivity contribution is 6.30. The van der Waals surface area contributed by atoms with Crippen LogP contribution in [0, 0.1) is 6.92 Å². The third kappa shape index (κ3) is 1.23. The molecule has 1 aromatic rings. The Kier molecular flexibility index (Phi) is 1.73. The van der Waals surface area contributed by atoms with E-state index in [1.165, 1.54) is 0 Å². The number of imidazole rings is 1. The molecule has 0 amide bonds. The Morgan fingerprint density at radius 2 is 2.44 bits per heavy atom. The van der Waals surface area contributed by atoms with Crippen molar-refractivity contribution >= 4 is 11.6 Å². The largest absolute Gasteiger partial charge is 0.344 e. The van der Waals surface area contributed by atoms with Crippen molar-refractivity contribution in [2.24, 2.45) is 5.73 Å². The highest BCUT2D eigenvalue weighted by atomic mass is 35.5. The molecule has 0 saturated carbocycles. The van der Waals surface area contributed by atoms with E-state index in [1.54, 1.807) is 0 Å². The van der Waals surface area contributed by atoms with Crippen LogP contribution in [0.5, 0.6) is 0 Å². The summed E-state index contributed by atoms with van der Waals surface area (Å²) < 4.78 is 0. The molecular weight excluding hydrogens is 138 g/mol. The van der Waals surface area contributed by atoms with Crippen LogP contribution in [-0.4, -0.2) is 9.97 Å². The van der Waals surface area contributed by atoms with E-state index >= 15 is 0 Å². The van der Waals surface area contributed by atoms with Gasteiger partial charge >= 0.3 is 0 Å². The first-order valence-electron chi connectivity index (χ1n) is 2.65. The van der Waals surface area contributed by atoms with E-state index in [2.05, 4.69) is 9.97 Å². The van der Waals surface area contributed by atoms with E-state index < -0.39 is 0 Å². The number of aryl methyl sites for hydroxylation is 1. The fourth-order valence-corrected chi connectivity index (χ4v) is 0.899. The van der Waals surface area contributed by atoms with Crippen LogP contribution in [0.3, 0.4) is 0 Å². The maximum absolute atomic E-state index is 5.62. The van der Waals surface area contributed by atoms with Crippen LogP contribution < -0.4 is 5.73 Å². The first-order chi connectivity index (χ1) is 4.24. The lowest BCUT2D eigenvalue weighted by Crippen LogP contribution is -1.96. The van der Waals surface area contributed by atoms with Crippen LogP contribution in [0.4, 0.5) is 0 Å². The molecule has 0 unspecified atom stereocenters. The van der Waals surface area contributed by atoms with E-state index in [0.29, 0.717) is 11.7 Å². The molecule has 1 aromatic heterocycles. The van der Waals surface area contributed by atoms with Crippen LogP contribution in [0.1, 0.15) is 11.5 Å². The number of nitrogens with one attached hydrogen (secondary N) is 1. The normalized spacial score (nSPS) is 10.1. The monoisotopic (exact) mass is 145 g/mol. The van der Waals surface area contributed by atoms with Crippen molar-refractivity contribution in [2.75, 3.05) is 0 Å². The Balaban J connectivity index is 3.01. The van der Waals surface area contributed by atoms with Gasteiger partial charge in [-0.2, -0.15) is 0 Å². The molecule has 1 rings (SSSR count). The average molecular weight is 146 g/mol. The van der Waals surface area contributed by atoms with E-state index in [-0.39, 0.29) is 0 Å². The smallest absolute Gasteiger partial charge is 0.151 e. The van der Waals surface area contributed by atoms with E-state index in [4.69, 9.17) is 17.3 Å². The second kappa shape index (κ2) is 2.37. The molecule has 0 aliphatic rings. The van der Waals surface area contributed by atoms with Gasteiger partial charge in [-0.15, -0.1) is 0 Å². The summed E-state index contributed by atoms with van der Waals surface area (Å²) in [4.78, 5) is 6.84. The first kappa shape index (κ1) is 6.58. The van der Waals surface area contributed by atoms with E-state index in [1.807, 2.05) is 6.92 Å². The van der Waals surface area contributed by atoms with Crippen molar-refractivity contribution < 1.29 is 0 Å². The Morgan fingerprint density at radius 1 is 1.78 bits per heavy atom. The molecule has 0 fully saturated rings. The predicted octanol–water partition coefficient (Wildman–Crippen LogP) is 0.830. The minimum absolute atomic E-state index is 0.416. The first-order valence-corrected chi connectivity index (χ1v) is 3.03. The van der Waals surface area contributed by atoms with E-state index in [0.717, 1.165) is 11.5 Å². The molecule has 9 heavy (non-hydrogen) atoms. The highest BCUT2D eigenvalue weighted by Gasteiger charge is 2.00. The Bertz CT molecular complexity index is 206. The minimum atomic E-state index is 0.416. The summed E-state index contributed by atoms with van der Waals surface area (Å²) in [5, 5.41) is 0.481. The third-order valence-electron chi connectivity index (χ3n) is 1.05. The number of H-pyrrole nitrogens is 1. The summed E-state index contributed by atoms with van der Waals surface area (Å²) in [5.41, 5.74) is 6.11. The number of aromatic amines is 1. The average Bonchev–Trinajstić information content (AvgIpc) is 2.10. The van der Waals surface area contributed by atoms with Gasteiger partial charge in [0, 0.05) is 6.54 Å². The molecular formula is C5H8ClN3. The maximum Gasteiger partial charge on any atom is 0.151 e. The quantitative estimate of drug-likeness (QED) is 0.615. The summed E-state index contributed by atoms with van der Waals surface area (Å²) in [6, 6.07) is 0. The van der Waals surface area contributed by atoms with Gasteiger partial charge < -0.3 is 10.7 Å².